The lowest BCUT2D eigenvalue weighted by Gasteiger charge is -2.25. The summed E-state index contributed by atoms with van der Waals surface area (Å²) in [6, 6.07) is 17.3. The Bertz CT molecular complexity index is 921. The third kappa shape index (κ3) is 4.37. The number of nitrogens with one attached hydrogen (secondary N) is 1. The van der Waals surface area contributed by atoms with Crippen LogP contribution in [-0.4, -0.2) is 36.0 Å². The molecule has 5 nitrogen and oxygen atoms in total. The van der Waals surface area contributed by atoms with Crippen LogP contribution in [0.2, 0.25) is 0 Å². The van der Waals surface area contributed by atoms with Crippen molar-refractivity contribution in [2.75, 3.05) is 19.5 Å². The Hall–Kier alpha value is -3.08. The maximum atomic E-state index is 13.0. The summed E-state index contributed by atoms with van der Waals surface area (Å²) in [5.74, 6) is 0.811. The van der Waals surface area contributed by atoms with Gasteiger partial charge >= 0.3 is 0 Å². The van der Waals surface area contributed by atoms with E-state index in [1.54, 1.807) is 18.2 Å². The highest BCUT2D eigenvalue weighted by atomic mass is 16.5. The molecule has 1 unspecified atom stereocenters. The minimum atomic E-state index is -0.301. The smallest absolute Gasteiger partial charge is 0.245 e. The number of ether oxygens (including phenoxy) is 1. The Morgan fingerprint density at radius 3 is 2.74 bits per heavy atom. The SMILES string of the molecule is CCC(Nc1cccc(OC)c1)C(=O)N(C)Cc1cccc2cccnc12. The number of likely N-dealkylation sites (N-methyl/N-ethyl adjacent to an activating group) is 1. The van der Waals surface area contributed by atoms with Gasteiger partial charge in [-0.1, -0.05) is 37.3 Å². The first-order valence-corrected chi connectivity index (χ1v) is 9.10. The molecule has 0 saturated carbocycles. The first kappa shape index (κ1) is 18.7. The number of para-hydroxylation sites is 1. The van der Waals surface area contributed by atoms with E-state index in [1.807, 2.05) is 68.6 Å². The molecule has 1 atom stereocenters. The molecule has 0 bridgehead atoms. The average molecular weight is 363 g/mol. The number of carbonyl (C=O) groups is 1. The molecule has 0 saturated heterocycles. The number of benzene rings is 2. The number of aromatic nitrogens is 1. The van der Waals surface area contributed by atoms with Crippen molar-refractivity contribution in [3.05, 3.63) is 66.4 Å². The molecule has 27 heavy (non-hydrogen) atoms. The molecule has 140 valence electrons. The summed E-state index contributed by atoms with van der Waals surface area (Å²) in [6.45, 7) is 2.52. The fourth-order valence-corrected chi connectivity index (χ4v) is 3.15. The molecule has 0 fully saturated rings. The zero-order valence-corrected chi connectivity index (χ0v) is 16.0. The number of nitrogens with zero attached hydrogens (tertiary/aromatic N) is 2. The van der Waals surface area contributed by atoms with Crippen molar-refractivity contribution in [1.82, 2.24) is 9.88 Å². The van der Waals surface area contributed by atoms with E-state index in [4.69, 9.17) is 4.74 Å². The second-order valence-electron chi connectivity index (χ2n) is 6.52. The second-order valence-corrected chi connectivity index (χ2v) is 6.52. The Labute approximate surface area is 160 Å². The summed E-state index contributed by atoms with van der Waals surface area (Å²) in [6.07, 6.45) is 2.47. The van der Waals surface area contributed by atoms with Gasteiger partial charge in [0.15, 0.2) is 0 Å². The largest absolute Gasteiger partial charge is 0.497 e. The van der Waals surface area contributed by atoms with Gasteiger partial charge in [0.1, 0.15) is 11.8 Å². The van der Waals surface area contributed by atoms with Crippen LogP contribution in [0, 0.1) is 0 Å². The average Bonchev–Trinajstić information content (AvgIpc) is 2.72. The number of hydrogen-bond acceptors (Lipinski definition) is 4. The van der Waals surface area contributed by atoms with E-state index in [9.17, 15) is 4.79 Å². The lowest BCUT2D eigenvalue weighted by Crippen LogP contribution is -2.40. The van der Waals surface area contributed by atoms with Crippen LogP contribution in [0.15, 0.2) is 60.8 Å². The third-order valence-electron chi connectivity index (χ3n) is 4.62. The summed E-state index contributed by atoms with van der Waals surface area (Å²) in [4.78, 5) is 19.2. The van der Waals surface area contributed by atoms with E-state index in [-0.39, 0.29) is 11.9 Å². The predicted molar refractivity (Wildman–Crippen MR) is 109 cm³/mol. The summed E-state index contributed by atoms with van der Waals surface area (Å²) in [5.41, 5.74) is 2.85. The summed E-state index contributed by atoms with van der Waals surface area (Å²) in [5, 5.41) is 4.40. The fourth-order valence-electron chi connectivity index (χ4n) is 3.15. The van der Waals surface area contributed by atoms with Crippen molar-refractivity contribution in [2.45, 2.75) is 25.9 Å². The van der Waals surface area contributed by atoms with Gasteiger partial charge in [0.05, 0.1) is 12.6 Å². The maximum absolute atomic E-state index is 13.0. The molecule has 1 amide bonds. The van der Waals surface area contributed by atoms with Gasteiger partial charge in [0.2, 0.25) is 5.91 Å². The maximum Gasteiger partial charge on any atom is 0.245 e. The Balaban J connectivity index is 1.74. The van der Waals surface area contributed by atoms with Gasteiger partial charge in [0.25, 0.3) is 0 Å². The Morgan fingerprint density at radius 1 is 1.19 bits per heavy atom. The third-order valence-corrected chi connectivity index (χ3v) is 4.62. The van der Waals surface area contributed by atoms with Gasteiger partial charge in [-0.3, -0.25) is 9.78 Å². The molecule has 5 heteroatoms. The van der Waals surface area contributed by atoms with Crippen molar-refractivity contribution in [3.63, 3.8) is 0 Å². The van der Waals surface area contributed by atoms with E-state index in [0.717, 1.165) is 27.9 Å². The predicted octanol–water partition coefficient (Wildman–Crippen LogP) is 4.09. The molecule has 0 radical (unpaired) electrons. The van der Waals surface area contributed by atoms with Crippen LogP contribution < -0.4 is 10.1 Å². The molecule has 1 N–H and O–H groups in total. The van der Waals surface area contributed by atoms with Crippen LogP contribution >= 0.6 is 0 Å². The number of anilines is 1. The lowest BCUT2D eigenvalue weighted by atomic mass is 10.1. The van der Waals surface area contributed by atoms with Gasteiger partial charge in [0, 0.05) is 36.9 Å². The summed E-state index contributed by atoms with van der Waals surface area (Å²) in [7, 11) is 3.47. The minimum Gasteiger partial charge on any atom is -0.497 e. The molecular weight excluding hydrogens is 338 g/mol. The second kappa shape index (κ2) is 8.54. The van der Waals surface area contributed by atoms with Gasteiger partial charge in [-0.25, -0.2) is 0 Å². The number of methoxy groups -OCH3 is 1. The Kier molecular flexibility index (Phi) is 5.91. The zero-order valence-electron chi connectivity index (χ0n) is 16.0. The number of fused-ring (bicyclic) bond motifs is 1. The number of amides is 1. The Morgan fingerprint density at radius 2 is 1.96 bits per heavy atom. The number of carbonyl (C=O) groups excluding carboxylic acids is 1. The molecule has 0 spiro atoms. The topological polar surface area (TPSA) is 54.5 Å². The van der Waals surface area contributed by atoms with E-state index in [0.29, 0.717) is 13.0 Å². The molecule has 1 heterocycles. The molecule has 2 aromatic carbocycles. The van der Waals surface area contributed by atoms with Crippen molar-refractivity contribution in [1.29, 1.82) is 0 Å². The normalized spacial score (nSPS) is 11.8. The molecule has 0 aliphatic heterocycles. The van der Waals surface area contributed by atoms with Gasteiger partial charge < -0.3 is 15.0 Å². The van der Waals surface area contributed by atoms with Crippen LogP contribution in [0.1, 0.15) is 18.9 Å². The van der Waals surface area contributed by atoms with Crippen LogP contribution in [0.25, 0.3) is 10.9 Å². The van der Waals surface area contributed by atoms with Crippen LogP contribution in [0.3, 0.4) is 0 Å². The van der Waals surface area contributed by atoms with E-state index in [1.165, 1.54) is 0 Å². The number of rotatable bonds is 7. The van der Waals surface area contributed by atoms with Crippen LogP contribution in [-0.2, 0) is 11.3 Å². The van der Waals surface area contributed by atoms with Crippen molar-refractivity contribution >= 4 is 22.5 Å². The zero-order chi connectivity index (χ0) is 19.2. The number of hydrogen-bond donors (Lipinski definition) is 1. The first-order valence-electron chi connectivity index (χ1n) is 9.10. The molecule has 3 rings (SSSR count). The van der Waals surface area contributed by atoms with Gasteiger partial charge in [-0.05, 0) is 30.2 Å². The van der Waals surface area contributed by atoms with Crippen molar-refractivity contribution < 1.29 is 9.53 Å². The lowest BCUT2D eigenvalue weighted by molar-refractivity contribution is -0.131. The minimum absolute atomic E-state index is 0.0493. The highest BCUT2D eigenvalue weighted by Crippen LogP contribution is 2.20. The summed E-state index contributed by atoms with van der Waals surface area (Å²) >= 11 is 0. The monoisotopic (exact) mass is 363 g/mol. The molecule has 1 aromatic heterocycles. The quantitative estimate of drug-likeness (QED) is 0.687. The van der Waals surface area contributed by atoms with E-state index >= 15 is 0 Å². The highest BCUT2D eigenvalue weighted by molar-refractivity contribution is 5.86. The van der Waals surface area contributed by atoms with Crippen LogP contribution in [0.5, 0.6) is 5.75 Å². The molecular formula is C22H25N3O2. The highest BCUT2D eigenvalue weighted by Gasteiger charge is 2.21. The molecule has 3 aromatic rings. The van der Waals surface area contributed by atoms with E-state index < -0.39 is 0 Å². The van der Waals surface area contributed by atoms with Crippen molar-refractivity contribution in [3.8, 4) is 5.75 Å². The summed E-state index contributed by atoms with van der Waals surface area (Å²) < 4.78 is 5.26. The van der Waals surface area contributed by atoms with Crippen LogP contribution in [0.4, 0.5) is 5.69 Å². The standard InChI is InChI=1S/C22H25N3O2/c1-4-20(24-18-11-6-12-19(14-18)27-3)22(26)25(2)15-17-9-5-8-16-10-7-13-23-21(16)17/h5-14,20,24H,4,15H2,1-3H3. The number of pyridine rings is 1. The first-order chi connectivity index (χ1) is 13.1. The van der Waals surface area contributed by atoms with E-state index in [2.05, 4.69) is 10.3 Å². The molecule has 0 aliphatic rings. The fraction of sp³-hybridized carbons (Fsp3) is 0.273. The van der Waals surface area contributed by atoms with Gasteiger partial charge in [-0.2, -0.15) is 0 Å². The molecule has 0 aliphatic carbocycles. The van der Waals surface area contributed by atoms with Crippen molar-refractivity contribution in [2.24, 2.45) is 0 Å². The van der Waals surface area contributed by atoms with Gasteiger partial charge in [-0.15, -0.1) is 0 Å².